The minimum atomic E-state index is -0.241. The molecule has 34 heavy (non-hydrogen) atoms. The molecule has 2 heterocycles. The second-order valence-electron chi connectivity index (χ2n) is 7.93. The Balaban J connectivity index is 1.47. The van der Waals surface area contributed by atoms with Crippen molar-refractivity contribution in [2.75, 3.05) is 7.11 Å². The maximum Gasteiger partial charge on any atom is 0.244 e. The van der Waals surface area contributed by atoms with Gasteiger partial charge in [0.05, 0.1) is 30.6 Å². The molecular formula is C28H23N3O3. The number of carbonyl (C=O) groups is 1. The molecule has 5 aromatic rings. The third-order valence-electron chi connectivity index (χ3n) is 5.65. The lowest BCUT2D eigenvalue weighted by molar-refractivity contribution is -0.116. The van der Waals surface area contributed by atoms with Gasteiger partial charge in [0.1, 0.15) is 11.5 Å². The van der Waals surface area contributed by atoms with Gasteiger partial charge in [-0.05, 0) is 60.2 Å². The number of rotatable bonds is 6. The van der Waals surface area contributed by atoms with Crippen molar-refractivity contribution in [3.05, 3.63) is 96.2 Å². The van der Waals surface area contributed by atoms with Gasteiger partial charge in [0.2, 0.25) is 5.91 Å². The lowest BCUT2D eigenvalue weighted by atomic mass is 10.1. The number of para-hydroxylation sites is 1. The van der Waals surface area contributed by atoms with Gasteiger partial charge in [-0.15, -0.1) is 0 Å². The molecule has 0 unspecified atom stereocenters. The van der Waals surface area contributed by atoms with Crippen LogP contribution in [0.1, 0.15) is 11.3 Å². The first-order valence-corrected chi connectivity index (χ1v) is 10.9. The van der Waals surface area contributed by atoms with E-state index in [-0.39, 0.29) is 18.2 Å². The maximum absolute atomic E-state index is 12.4. The SMILES string of the molecule is COc1ccc(-c2nc(CNC(=O)/C=C/c3cccc(O)c3)cc3c2[nH]c2ccccc23)cc1. The van der Waals surface area contributed by atoms with Crippen molar-refractivity contribution >= 4 is 33.8 Å². The summed E-state index contributed by atoms with van der Waals surface area (Å²) in [5.41, 5.74) is 5.25. The van der Waals surface area contributed by atoms with E-state index in [1.165, 1.54) is 6.08 Å². The van der Waals surface area contributed by atoms with Crippen molar-refractivity contribution in [1.29, 1.82) is 0 Å². The molecule has 0 atom stereocenters. The predicted octanol–water partition coefficient (Wildman–Crippen LogP) is 5.43. The minimum Gasteiger partial charge on any atom is -0.508 e. The van der Waals surface area contributed by atoms with Gasteiger partial charge >= 0.3 is 0 Å². The number of benzene rings is 3. The molecule has 0 spiro atoms. The molecule has 6 nitrogen and oxygen atoms in total. The zero-order valence-electron chi connectivity index (χ0n) is 18.6. The number of hydrogen-bond acceptors (Lipinski definition) is 4. The number of ether oxygens (including phenoxy) is 1. The average Bonchev–Trinajstić information content (AvgIpc) is 3.24. The number of aromatic hydroxyl groups is 1. The lowest BCUT2D eigenvalue weighted by Crippen LogP contribution is -2.21. The average molecular weight is 450 g/mol. The normalized spacial score (nSPS) is 11.3. The number of carbonyl (C=O) groups excluding carboxylic acids is 1. The largest absolute Gasteiger partial charge is 0.508 e. The van der Waals surface area contributed by atoms with E-state index < -0.39 is 0 Å². The van der Waals surface area contributed by atoms with E-state index >= 15 is 0 Å². The first-order valence-electron chi connectivity index (χ1n) is 10.9. The minimum absolute atomic E-state index is 0.157. The molecule has 6 heteroatoms. The van der Waals surface area contributed by atoms with E-state index in [0.29, 0.717) is 0 Å². The highest BCUT2D eigenvalue weighted by atomic mass is 16.5. The van der Waals surface area contributed by atoms with Crippen molar-refractivity contribution < 1.29 is 14.6 Å². The number of phenolic OH excluding ortho intramolecular Hbond substituents is 1. The van der Waals surface area contributed by atoms with Gasteiger partial charge in [0.15, 0.2) is 0 Å². The van der Waals surface area contributed by atoms with Gasteiger partial charge in [-0.2, -0.15) is 0 Å². The standard InChI is InChI=1S/C28H23N3O3/c1-34-22-12-10-19(11-13-22)27-28-24(23-7-2-3-8-25(23)31-28)16-20(30-27)17-29-26(33)14-9-18-5-4-6-21(32)15-18/h2-16,31-32H,17H2,1H3,(H,29,33)/b14-9+. The molecule has 0 bridgehead atoms. The molecule has 3 aromatic carbocycles. The van der Waals surface area contributed by atoms with Crippen LogP contribution in [-0.2, 0) is 11.3 Å². The van der Waals surface area contributed by atoms with Gasteiger partial charge in [0, 0.05) is 27.9 Å². The fourth-order valence-electron chi connectivity index (χ4n) is 3.98. The molecule has 0 fully saturated rings. The van der Waals surface area contributed by atoms with Gasteiger partial charge in [-0.1, -0.05) is 30.3 Å². The number of methoxy groups -OCH3 is 1. The van der Waals surface area contributed by atoms with Crippen molar-refractivity contribution in [1.82, 2.24) is 15.3 Å². The molecule has 1 amide bonds. The molecule has 0 aliphatic rings. The van der Waals surface area contributed by atoms with E-state index in [0.717, 1.165) is 50.1 Å². The Morgan fingerprint density at radius 1 is 1.03 bits per heavy atom. The van der Waals surface area contributed by atoms with E-state index in [2.05, 4.69) is 16.4 Å². The summed E-state index contributed by atoms with van der Waals surface area (Å²) in [4.78, 5) is 20.8. The number of amides is 1. The Bertz CT molecular complexity index is 1520. The fraction of sp³-hybridized carbons (Fsp3) is 0.0714. The summed E-state index contributed by atoms with van der Waals surface area (Å²) in [7, 11) is 1.64. The number of nitrogens with one attached hydrogen (secondary N) is 2. The molecule has 0 aliphatic heterocycles. The number of pyridine rings is 1. The number of aromatic nitrogens is 2. The van der Waals surface area contributed by atoms with E-state index in [4.69, 9.17) is 9.72 Å². The summed E-state index contributed by atoms with van der Waals surface area (Å²) >= 11 is 0. The Morgan fingerprint density at radius 3 is 2.65 bits per heavy atom. The monoisotopic (exact) mass is 449 g/mol. The first kappa shape index (κ1) is 21.3. The van der Waals surface area contributed by atoms with Crippen LogP contribution in [-0.4, -0.2) is 28.1 Å². The molecular weight excluding hydrogens is 426 g/mol. The number of aromatic amines is 1. The van der Waals surface area contributed by atoms with Crippen LogP contribution in [0.3, 0.4) is 0 Å². The van der Waals surface area contributed by atoms with Crippen LogP contribution in [0.5, 0.6) is 11.5 Å². The molecule has 168 valence electrons. The summed E-state index contributed by atoms with van der Waals surface area (Å²) in [6, 6.07) is 24.6. The van der Waals surface area contributed by atoms with E-state index in [1.54, 1.807) is 31.4 Å². The van der Waals surface area contributed by atoms with Gasteiger partial charge in [-0.25, -0.2) is 4.98 Å². The first-order chi connectivity index (χ1) is 16.6. The highest BCUT2D eigenvalue weighted by molar-refractivity contribution is 6.11. The van der Waals surface area contributed by atoms with E-state index in [9.17, 15) is 9.90 Å². The summed E-state index contributed by atoms with van der Waals surface area (Å²) in [5.74, 6) is 0.693. The summed E-state index contributed by atoms with van der Waals surface area (Å²) in [6.07, 6.45) is 3.11. The van der Waals surface area contributed by atoms with E-state index in [1.807, 2.05) is 54.6 Å². The second-order valence-corrected chi connectivity index (χ2v) is 7.93. The zero-order valence-corrected chi connectivity index (χ0v) is 18.6. The highest BCUT2D eigenvalue weighted by Crippen LogP contribution is 2.33. The second kappa shape index (κ2) is 9.11. The van der Waals surface area contributed by atoms with Crippen LogP contribution < -0.4 is 10.1 Å². The highest BCUT2D eigenvalue weighted by Gasteiger charge is 2.14. The molecule has 0 radical (unpaired) electrons. The van der Waals surface area contributed by atoms with Crippen molar-refractivity contribution in [2.24, 2.45) is 0 Å². The summed E-state index contributed by atoms with van der Waals surface area (Å²) in [5, 5.41) is 14.6. The lowest BCUT2D eigenvalue weighted by Gasteiger charge is -2.09. The topological polar surface area (TPSA) is 87.2 Å². The van der Waals surface area contributed by atoms with Crippen LogP contribution in [0.15, 0.2) is 84.9 Å². The van der Waals surface area contributed by atoms with Gasteiger partial charge in [0.25, 0.3) is 0 Å². The Labute approximate surface area is 196 Å². The van der Waals surface area contributed by atoms with Crippen molar-refractivity contribution in [2.45, 2.75) is 6.54 Å². The Morgan fingerprint density at radius 2 is 1.85 bits per heavy atom. The molecule has 3 N–H and O–H groups in total. The molecule has 5 rings (SSSR count). The third kappa shape index (κ3) is 4.34. The summed E-state index contributed by atoms with van der Waals surface area (Å²) in [6.45, 7) is 0.280. The number of hydrogen-bond donors (Lipinski definition) is 3. The summed E-state index contributed by atoms with van der Waals surface area (Å²) < 4.78 is 5.29. The van der Waals surface area contributed by atoms with Crippen LogP contribution >= 0.6 is 0 Å². The third-order valence-corrected chi connectivity index (χ3v) is 5.65. The molecule has 0 saturated heterocycles. The number of phenols is 1. The Hall–Kier alpha value is -4.58. The van der Waals surface area contributed by atoms with Gasteiger partial charge in [-0.3, -0.25) is 4.79 Å². The predicted molar refractivity (Wildman–Crippen MR) is 135 cm³/mol. The van der Waals surface area contributed by atoms with Crippen LogP contribution in [0.4, 0.5) is 0 Å². The van der Waals surface area contributed by atoms with Crippen LogP contribution in [0.25, 0.3) is 39.1 Å². The van der Waals surface area contributed by atoms with Gasteiger partial charge < -0.3 is 20.1 Å². The number of H-pyrrole nitrogens is 1. The smallest absolute Gasteiger partial charge is 0.244 e. The van der Waals surface area contributed by atoms with Crippen molar-refractivity contribution in [3.8, 4) is 22.8 Å². The quantitative estimate of drug-likeness (QED) is 0.302. The fourth-order valence-corrected chi connectivity index (χ4v) is 3.98. The zero-order chi connectivity index (χ0) is 23.5. The Kier molecular flexibility index (Phi) is 5.70. The van der Waals surface area contributed by atoms with Crippen molar-refractivity contribution in [3.63, 3.8) is 0 Å². The number of nitrogens with zero attached hydrogens (tertiary/aromatic N) is 1. The molecule has 2 aromatic heterocycles. The van der Waals surface area contributed by atoms with Crippen LogP contribution in [0, 0.1) is 0 Å². The molecule has 0 aliphatic carbocycles. The maximum atomic E-state index is 12.4. The number of fused-ring (bicyclic) bond motifs is 3. The van der Waals surface area contributed by atoms with Crippen LogP contribution in [0.2, 0.25) is 0 Å². The molecule has 0 saturated carbocycles.